The number of nitrogens with two attached hydrogens (primary N) is 1. The van der Waals surface area contributed by atoms with E-state index in [-0.39, 0.29) is 6.54 Å². The molecule has 0 aliphatic heterocycles. The van der Waals surface area contributed by atoms with Crippen LogP contribution in [-0.4, -0.2) is 37.5 Å². The van der Waals surface area contributed by atoms with E-state index in [1.807, 2.05) is 31.2 Å². The Morgan fingerprint density at radius 2 is 1.90 bits per heavy atom. The minimum atomic E-state index is -3.47. The molecule has 6 heteroatoms. The predicted octanol–water partition coefficient (Wildman–Crippen LogP) is 0.789. The van der Waals surface area contributed by atoms with Crippen molar-refractivity contribution in [1.82, 2.24) is 0 Å². The number of hydrogen-bond acceptors (Lipinski definition) is 4. The van der Waals surface area contributed by atoms with E-state index >= 15 is 0 Å². The third-order valence-electron chi connectivity index (χ3n) is 4.20. The van der Waals surface area contributed by atoms with Crippen LogP contribution in [0.5, 0.6) is 0 Å². The maximum absolute atomic E-state index is 11.9. The third-order valence-corrected chi connectivity index (χ3v) is 5.82. The van der Waals surface area contributed by atoms with E-state index in [0.29, 0.717) is 0 Å². The number of carboxylic acid groups (broad SMARTS) is 1. The van der Waals surface area contributed by atoms with E-state index in [1.54, 1.807) is 0 Å². The number of carboxylic acids is 1. The summed E-state index contributed by atoms with van der Waals surface area (Å²) in [5.74, 6) is -1.70. The lowest BCUT2D eigenvalue weighted by atomic mass is 9.98. The molecule has 0 heterocycles. The molecule has 1 saturated carbocycles. The summed E-state index contributed by atoms with van der Waals surface area (Å²) in [7, 11) is -3.47. The SMILES string of the molecule is CCc1ccc([C@H]2[C@H](S(C)(=O)=O)[C@@]2(CN)C(=O)O)cc1. The van der Waals surface area contributed by atoms with Gasteiger partial charge in [-0.2, -0.15) is 0 Å². The summed E-state index contributed by atoms with van der Waals surface area (Å²) < 4.78 is 23.7. The van der Waals surface area contributed by atoms with Gasteiger partial charge in [-0.1, -0.05) is 31.2 Å². The van der Waals surface area contributed by atoms with E-state index < -0.39 is 32.4 Å². The van der Waals surface area contributed by atoms with Crippen LogP contribution in [0, 0.1) is 5.41 Å². The molecule has 5 nitrogen and oxygen atoms in total. The molecule has 0 radical (unpaired) electrons. The molecule has 1 aromatic carbocycles. The zero-order valence-electron chi connectivity index (χ0n) is 11.5. The van der Waals surface area contributed by atoms with Crippen molar-refractivity contribution in [1.29, 1.82) is 0 Å². The Bertz CT molecular complexity index is 623. The normalized spacial score (nSPS) is 29.1. The Labute approximate surface area is 118 Å². The van der Waals surface area contributed by atoms with Crippen LogP contribution in [0.2, 0.25) is 0 Å². The molecule has 3 N–H and O–H groups in total. The summed E-state index contributed by atoms with van der Waals surface area (Å²) in [4.78, 5) is 11.5. The van der Waals surface area contributed by atoms with Crippen LogP contribution in [0.25, 0.3) is 0 Å². The molecule has 3 atom stereocenters. The van der Waals surface area contributed by atoms with Gasteiger partial charge >= 0.3 is 5.97 Å². The van der Waals surface area contributed by atoms with Gasteiger partial charge in [0.2, 0.25) is 0 Å². The summed E-state index contributed by atoms with van der Waals surface area (Å²) in [5.41, 5.74) is 6.06. The van der Waals surface area contributed by atoms with Crippen LogP contribution in [0.3, 0.4) is 0 Å². The van der Waals surface area contributed by atoms with E-state index in [0.717, 1.165) is 23.8 Å². The van der Waals surface area contributed by atoms with Crippen LogP contribution in [-0.2, 0) is 21.1 Å². The second-order valence-corrected chi connectivity index (χ2v) is 7.54. The van der Waals surface area contributed by atoms with Gasteiger partial charge in [-0.3, -0.25) is 4.79 Å². The number of carbonyl (C=O) groups is 1. The van der Waals surface area contributed by atoms with Crippen molar-refractivity contribution in [3.8, 4) is 0 Å². The summed E-state index contributed by atoms with van der Waals surface area (Å²) in [6.45, 7) is 1.84. The van der Waals surface area contributed by atoms with Crippen molar-refractivity contribution >= 4 is 15.8 Å². The van der Waals surface area contributed by atoms with Gasteiger partial charge in [-0.15, -0.1) is 0 Å². The van der Waals surface area contributed by atoms with Crippen LogP contribution in [0.1, 0.15) is 24.0 Å². The van der Waals surface area contributed by atoms with Crippen molar-refractivity contribution in [2.75, 3.05) is 12.8 Å². The van der Waals surface area contributed by atoms with Crippen molar-refractivity contribution in [2.24, 2.45) is 11.1 Å². The molecule has 0 amide bonds. The number of rotatable bonds is 5. The lowest BCUT2D eigenvalue weighted by Gasteiger charge is -2.09. The molecule has 20 heavy (non-hydrogen) atoms. The van der Waals surface area contributed by atoms with Crippen molar-refractivity contribution in [2.45, 2.75) is 24.5 Å². The Balaban J connectivity index is 2.46. The van der Waals surface area contributed by atoms with Crippen LogP contribution in [0.4, 0.5) is 0 Å². The second kappa shape index (κ2) is 4.86. The lowest BCUT2D eigenvalue weighted by Crippen LogP contribution is -2.31. The molecular weight excluding hydrogens is 278 g/mol. The summed E-state index contributed by atoms with van der Waals surface area (Å²) in [6.07, 6.45) is 1.95. The molecule has 1 fully saturated rings. The number of aryl methyl sites for hydroxylation is 1. The maximum atomic E-state index is 11.9. The topological polar surface area (TPSA) is 97.5 Å². The molecule has 1 aliphatic carbocycles. The first-order valence-corrected chi connectivity index (χ1v) is 8.45. The van der Waals surface area contributed by atoms with Gasteiger partial charge in [-0.05, 0) is 17.5 Å². The first-order chi connectivity index (χ1) is 9.29. The molecule has 0 unspecified atom stereocenters. The molecule has 0 bridgehead atoms. The van der Waals surface area contributed by atoms with Gasteiger partial charge in [-0.25, -0.2) is 8.42 Å². The molecule has 0 saturated heterocycles. The summed E-state index contributed by atoms with van der Waals surface area (Å²) in [5, 5.41) is 8.49. The van der Waals surface area contributed by atoms with Crippen LogP contribution < -0.4 is 5.73 Å². The molecule has 0 aromatic heterocycles. The highest BCUT2D eigenvalue weighted by Gasteiger charge is 2.74. The third kappa shape index (κ3) is 2.13. The van der Waals surface area contributed by atoms with E-state index in [1.165, 1.54) is 0 Å². The van der Waals surface area contributed by atoms with Crippen LogP contribution in [0.15, 0.2) is 24.3 Å². The highest BCUT2D eigenvalue weighted by atomic mass is 32.2. The standard InChI is InChI=1S/C14H19NO4S/c1-3-9-4-6-10(7-5-9)11-12(20(2,18)19)14(11,8-15)13(16)17/h4-7,11-12H,3,8,15H2,1-2H3,(H,16,17)/t11-,12-,14-/m0/s1. The Kier molecular flexibility index (Phi) is 3.64. The molecule has 0 spiro atoms. The fraction of sp³-hybridized carbons (Fsp3) is 0.500. The molecule has 2 rings (SSSR count). The molecular formula is C14H19NO4S. The second-order valence-electron chi connectivity index (χ2n) is 5.37. The molecule has 110 valence electrons. The Hall–Kier alpha value is -1.40. The average molecular weight is 297 g/mol. The highest BCUT2D eigenvalue weighted by molar-refractivity contribution is 7.91. The van der Waals surface area contributed by atoms with Gasteiger partial charge in [0.15, 0.2) is 9.84 Å². The zero-order chi connectivity index (χ0) is 15.1. The fourth-order valence-electron chi connectivity index (χ4n) is 3.05. The largest absolute Gasteiger partial charge is 0.481 e. The molecule has 1 aromatic rings. The van der Waals surface area contributed by atoms with Crippen molar-refractivity contribution < 1.29 is 18.3 Å². The van der Waals surface area contributed by atoms with Gasteiger partial charge in [0.1, 0.15) is 5.41 Å². The number of aliphatic carboxylic acids is 1. The monoisotopic (exact) mass is 297 g/mol. The minimum Gasteiger partial charge on any atom is -0.481 e. The average Bonchev–Trinajstić information content (AvgIpc) is 3.09. The quantitative estimate of drug-likeness (QED) is 0.837. The van der Waals surface area contributed by atoms with E-state index in [2.05, 4.69) is 0 Å². The molecule has 1 aliphatic rings. The number of sulfone groups is 1. The van der Waals surface area contributed by atoms with Gasteiger partial charge in [0.25, 0.3) is 0 Å². The van der Waals surface area contributed by atoms with E-state index in [9.17, 15) is 18.3 Å². The zero-order valence-corrected chi connectivity index (χ0v) is 12.4. The summed E-state index contributed by atoms with van der Waals surface area (Å²) >= 11 is 0. The minimum absolute atomic E-state index is 0.180. The Morgan fingerprint density at radius 3 is 2.20 bits per heavy atom. The summed E-state index contributed by atoms with van der Waals surface area (Å²) in [6, 6.07) is 7.41. The smallest absolute Gasteiger partial charge is 0.312 e. The van der Waals surface area contributed by atoms with Gasteiger partial charge in [0, 0.05) is 18.7 Å². The predicted molar refractivity (Wildman–Crippen MR) is 76.3 cm³/mol. The van der Waals surface area contributed by atoms with Crippen molar-refractivity contribution in [3.63, 3.8) is 0 Å². The number of benzene rings is 1. The van der Waals surface area contributed by atoms with E-state index in [4.69, 9.17) is 5.73 Å². The fourth-order valence-corrected chi connectivity index (χ4v) is 4.98. The highest BCUT2D eigenvalue weighted by Crippen LogP contribution is 2.62. The first-order valence-electron chi connectivity index (χ1n) is 6.50. The maximum Gasteiger partial charge on any atom is 0.312 e. The number of hydrogen-bond donors (Lipinski definition) is 2. The van der Waals surface area contributed by atoms with Crippen molar-refractivity contribution in [3.05, 3.63) is 35.4 Å². The van der Waals surface area contributed by atoms with Crippen LogP contribution >= 0.6 is 0 Å². The van der Waals surface area contributed by atoms with Gasteiger partial charge in [0.05, 0.1) is 5.25 Å². The lowest BCUT2D eigenvalue weighted by molar-refractivity contribution is -0.143. The van der Waals surface area contributed by atoms with Gasteiger partial charge < -0.3 is 10.8 Å². The Morgan fingerprint density at radius 1 is 1.35 bits per heavy atom. The first kappa shape index (κ1) is 15.0.